The molecule has 2 aromatic carbocycles. The van der Waals surface area contributed by atoms with E-state index in [1.807, 2.05) is 50.8 Å². The maximum absolute atomic E-state index is 13.1. The Bertz CT molecular complexity index is 870. The van der Waals surface area contributed by atoms with Gasteiger partial charge in [-0.25, -0.2) is 0 Å². The van der Waals surface area contributed by atoms with Crippen LogP contribution in [0.15, 0.2) is 54.6 Å². The van der Waals surface area contributed by atoms with E-state index in [-0.39, 0.29) is 11.8 Å². The predicted molar refractivity (Wildman–Crippen MR) is 117 cm³/mol. The predicted octanol–water partition coefficient (Wildman–Crippen LogP) is 4.30. The second-order valence-corrected chi connectivity index (χ2v) is 9.11. The van der Waals surface area contributed by atoms with Gasteiger partial charge in [-0.1, -0.05) is 75.4 Å². The summed E-state index contributed by atoms with van der Waals surface area (Å²) in [6, 6.07) is 18.7. The monoisotopic (exact) mass is 392 g/mol. The second kappa shape index (κ2) is 8.40. The lowest BCUT2D eigenvalue weighted by Gasteiger charge is -2.30. The lowest BCUT2D eigenvalue weighted by Crippen LogP contribution is -2.46. The van der Waals surface area contributed by atoms with Gasteiger partial charge in [0.05, 0.1) is 5.41 Å². The van der Waals surface area contributed by atoms with E-state index in [0.29, 0.717) is 32.5 Å². The zero-order valence-corrected chi connectivity index (χ0v) is 18.0. The minimum Gasteiger partial charge on any atom is -0.356 e. The Morgan fingerprint density at radius 3 is 2.38 bits per heavy atom. The van der Waals surface area contributed by atoms with Crippen molar-refractivity contribution in [3.05, 3.63) is 60.2 Å². The van der Waals surface area contributed by atoms with E-state index in [4.69, 9.17) is 0 Å². The van der Waals surface area contributed by atoms with Crippen molar-refractivity contribution in [3.63, 3.8) is 0 Å². The van der Waals surface area contributed by atoms with Crippen LogP contribution in [0, 0.1) is 10.8 Å². The number of rotatable bonds is 5. The Balaban J connectivity index is 1.88. The lowest BCUT2D eigenvalue weighted by atomic mass is 9.79. The van der Waals surface area contributed by atoms with Crippen molar-refractivity contribution < 1.29 is 9.59 Å². The number of amides is 2. The third kappa shape index (κ3) is 4.69. The molecule has 0 aromatic heterocycles. The summed E-state index contributed by atoms with van der Waals surface area (Å²) in [5.74, 6) is 0.163. The molecule has 1 aliphatic rings. The van der Waals surface area contributed by atoms with Crippen LogP contribution < -0.4 is 5.32 Å². The molecule has 2 amide bonds. The Morgan fingerprint density at radius 2 is 1.72 bits per heavy atom. The number of hydrogen-bond acceptors (Lipinski definition) is 2. The van der Waals surface area contributed by atoms with Gasteiger partial charge in [0.25, 0.3) is 0 Å². The summed E-state index contributed by atoms with van der Waals surface area (Å²) in [4.78, 5) is 27.8. The summed E-state index contributed by atoms with van der Waals surface area (Å²) in [7, 11) is 0. The van der Waals surface area contributed by atoms with Crippen LogP contribution in [-0.4, -0.2) is 36.3 Å². The summed E-state index contributed by atoms with van der Waals surface area (Å²) in [6.07, 6.45) is 1.32. The molecule has 154 valence electrons. The van der Waals surface area contributed by atoms with Crippen LogP contribution in [0.3, 0.4) is 0 Å². The molecular formula is C25H32N2O2. The average molecular weight is 393 g/mol. The van der Waals surface area contributed by atoms with E-state index < -0.39 is 10.8 Å². The van der Waals surface area contributed by atoms with Gasteiger partial charge in [0.15, 0.2) is 0 Å². The van der Waals surface area contributed by atoms with Crippen LogP contribution in [0.5, 0.6) is 0 Å². The molecule has 0 bridgehead atoms. The van der Waals surface area contributed by atoms with E-state index >= 15 is 0 Å². The third-order valence-electron chi connectivity index (χ3n) is 5.68. The van der Waals surface area contributed by atoms with Crippen LogP contribution in [0.2, 0.25) is 0 Å². The molecule has 1 fully saturated rings. The fourth-order valence-electron chi connectivity index (χ4n) is 4.16. The first-order chi connectivity index (χ1) is 13.7. The van der Waals surface area contributed by atoms with Crippen molar-refractivity contribution in [1.82, 2.24) is 10.2 Å². The van der Waals surface area contributed by atoms with Gasteiger partial charge in [0.1, 0.15) is 0 Å². The van der Waals surface area contributed by atoms with Crippen LogP contribution in [0.4, 0.5) is 0 Å². The summed E-state index contributed by atoms with van der Waals surface area (Å²) in [6.45, 7) is 9.45. The summed E-state index contributed by atoms with van der Waals surface area (Å²) in [5.41, 5.74) is 2.42. The Morgan fingerprint density at radius 1 is 1.03 bits per heavy atom. The van der Waals surface area contributed by atoms with Gasteiger partial charge >= 0.3 is 0 Å². The molecule has 1 heterocycles. The molecule has 2 aromatic rings. The molecule has 29 heavy (non-hydrogen) atoms. The highest BCUT2D eigenvalue weighted by molar-refractivity contribution is 5.87. The maximum Gasteiger partial charge on any atom is 0.228 e. The van der Waals surface area contributed by atoms with Crippen LogP contribution >= 0.6 is 0 Å². The number of nitrogens with one attached hydrogen (secondary N) is 1. The first-order valence-corrected chi connectivity index (χ1v) is 10.5. The molecule has 0 radical (unpaired) electrons. The van der Waals surface area contributed by atoms with Crippen molar-refractivity contribution in [3.8, 4) is 11.1 Å². The van der Waals surface area contributed by atoms with Gasteiger partial charge in [0, 0.05) is 25.0 Å². The smallest absolute Gasteiger partial charge is 0.228 e. The Labute approximate surface area is 174 Å². The van der Waals surface area contributed by atoms with Crippen molar-refractivity contribution >= 4 is 11.8 Å². The van der Waals surface area contributed by atoms with E-state index in [1.54, 1.807) is 0 Å². The van der Waals surface area contributed by atoms with Crippen molar-refractivity contribution in [2.45, 2.75) is 40.5 Å². The van der Waals surface area contributed by atoms with E-state index in [1.165, 1.54) is 0 Å². The van der Waals surface area contributed by atoms with Gasteiger partial charge in [-0.2, -0.15) is 0 Å². The zero-order valence-electron chi connectivity index (χ0n) is 18.0. The molecule has 1 saturated heterocycles. The molecule has 0 aliphatic carbocycles. The molecule has 1 aliphatic heterocycles. The second-order valence-electron chi connectivity index (χ2n) is 9.11. The maximum atomic E-state index is 13.1. The van der Waals surface area contributed by atoms with Crippen molar-refractivity contribution in [2.24, 2.45) is 10.8 Å². The molecule has 4 heteroatoms. The third-order valence-corrected chi connectivity index (χ3v) is 5.68. The molecular weight excluding hydrogens is 360 g/mol. The minimum absolute atomic E-state index is 0.0503. The van der Waals surface area contributed by atoms with Gasteiger partial charge in [-0.15, -0.1) is 0 Å². The number of carbonyl (C=O) groups excluding carboxylic acids is 2. The van der Waals surface area contributed by atoms with E-state index in [0.717, 1.165) is 16.7 Å². The van der Waals surface area contributed by atoms with Gasteiger partial charge in [0.2, 0.25) is 11.8 Å². The Hall–Kier alpha value is -2.62. The highest BCUT2D eigenvalue weighted by Gasteiger charge is 2.47. The van der Waals surface area contributed by atoms with Crippen LogP contribution in [-0.2, 0) is 16.0 Å². The highest BCUT2D eigenvalue weighted by atomic mass is 16.2. The largest absolute Gasteiger partial charge is 0.356 e. The van der Waals surface area contributed by atoms with Crippen LogP contribution in [0.25, 0.3) is 11.1 Å². The molecule has 0 saturated carbocycles. The van der Waals surface area contributed by atoms with Gasteiger partial charge < -0.3 is 10.2 Å². The van der Waals surface area contributed by atoms with Crippen molar-refractivity contribution in [1.29, 1.82) is 0 Å². The van der Waals surface area contributed by atoms with Gasteiger partial charge in [-0.3, -0.25) is 9.59 Å². The number of nitrogens with zero attached hydrogens (tertiary/aromatic N) is 1. The quantitative estimate of drug-likeness (QED) is 0.825. The van der Waals surface area contributed by atoms with Crippen LogP contribution in [0.1, 0.15) is 39.7 Å². The van der Waals surface area contributed by atoms with E-state index in [2.05, 4.69) is 41.7 Å². The lowest BCUT2D eigenvalue weighted by molar-refractivity contribution is -0.139. The Kier molecular flexibility index (Phi) is 6.11. The summed E-state index contributed by atoms with van der Waals surface area (Å²) in [5, 5.41) is 3.02. The number of benzene rings is 2. The number of hydrogen-bond donors (Lipinski definition) is 1. The standard InChI is InChI=1S/C25H32N2O2/c1-5-26-22(28)25(14-15-27(18-25)23(29)24(2,3)4)17-19-10-9-13-21(16-19)20-11-7-6-8-12-20/h6-13,16H,5,14-15,17-18H2,1-4H3,(H,26,28)/t25-/m1/s1. The molecule has 0 spiro atoms. The molecule has 0 unspecified atom stereocenters. The van der Waals surface area contributed by atoms with Crippen molar-refractivity contribution in [2.75, 3.05) is 19.6 Å². The molecule has 4 nitrogen and oxygen atoms in total. The first kappa shape index (κ1) is 21.1. The summed E-state index contributed by atoms with van der Waals surface area (Å²) >= 11 is 0. The zero-order chi connectivity index (χ0) is 21.1. The molecule has 1 atom stereocenters. The average Bonchev–Trinajstić information content (AvgIpc) is 3.13. The fourth-order valence-corrected chi connectivity index (χ4v) is 4.16. The SMILES string of the molecule is CCNC(=O)[C@@]1(Cc2cccc(-c3ccccc3)c2)CCN(C(=O)C(C)(C)C)C1. The van der Waals surface area contributed by atoms with E-state index in [9.17, 15) is 9.59 Å². The normalized spacial score (nSPS) is 19.2. The molecule has 1 N–H and O–H groups in total. The number of likely N-dealkylation sites (tertiary alicyclic amines) is 1. The number of carbonyl (C=O) groups is 2. The highest BCUT2D eigenvalue weighted by Crippen LogP contribution is 2.37. The van der Waals surface area contributed by atoms with Gasteiger partial charge in [-0.05, 0) is 36.5 Å². The fraction of sp³-hybridized carbons (Fsp3) is 0.440. The minimum atomic E-state index is -0.577. The first-order valence-electron chi connectivity index (χ1n) is 10.5. The topological polar surface area (TPSA) is 49.4 Å². The summed E-state index contributed by atoms with van der Waals surface area (Å²) < 4.78 is 0. The molecule has 3 rings (SSSR count).